The van der Waals surface area contributed by atoms with Crippen LogP contribution in [0.2, 0.25) is 0 Å². The topological polar surface area (TPSA) is 114 Å². The molecule has 1 fully saturated rings. The average molecular weight is 274 g/mol. The summed E-state index contributed by atoms with van der Waals surface area (Å²) in [5, 5.41) is 14.1. The van der Waals surface area contributed by atoms with Gasteiger partial charge in [0.1, 0.15) is 12.6 Å². The number of carboxylic acids is 1. The molecule has 0 bridgehead atoms. The fraction of sp³-hybridized carbons (Fsp3) is 0.727. The highest BCUT2D eigenvalue weighted by atomic mass is 16.5. The molecule has 8 nitrogen and oxygen atoms in total. The van der Waals surface area contributed by atoms with E-state index in [0.29, 0.717) is 13.1 Å². The molecule has 0 radical (unpaired) electrons. The van der Waals surface area contributed by atoms with Crippen LogP contribution < -0.4 is 10.6 Å². The quantitative estimate of drug-likeness (QED) is 0.484. The number of ether oxygens (including phenoxy) is 2. The van der Waals surface area contributed by atoms with Crippen LogP contribution in [0.25, 0.3) is 0 Å². The highest BCUT2D eigenvalue weighted by Crippen LogP contribution is 2.14. The molecule has 0 aliphatic carbocycles. The van der Waals surface area contributed by atoms with Gasteiger partial charge in [-0.05, 0) is 6.92 Å². The van der Waals surface area contributed by atoms with E-state index < -0.39 is 35.9 Å². The van der Waals surface area contributed by atoms with Crippen molar-refractivity contribution in [2.24, 2.45) is 0 Å². The molecule has 1 rings (SSSR count). The molecule has 0 aromatic rings. The fourth-order valence-electron chi connectivity index (χ4n) is 1.50. The Hall–Kier alpha value is -1.67. The summed E-state index contributed by atoms with van der Waals surface area (Å²) in [5.41, 5.74) is -0.390. The van der Waals surface area contributed by atoms with Crippen LogP contribution in [-0.4, -0.2) is 61.4 Å². The summed E-state index contributed by atoms with van der Waals surface area (Å²) >= 11 is 0. The zero-order valence-corrected chi connectivity index (χ0v) is 10.9. The van der Waals surface area contributed by atoms with Crippen molar-refractivity contribution in [2.45, 2.75) is 25.0 Å². The third-order valence-electron chi connectivity index (χ3n) is 2.78. The van der Waals surface area contributed by atoms with Gasteiger partial charge in [0, 0.05) is 13.1 Å². The van der Waals surface area contributed by atoms with Gasteiger partial charge in [-0.1, -0.05) is 0 Å². The molecule has 3 N–H and O–H groups in total. The number of esters is 1. The molecule has 1 saturated heterocycles. The highest BCUT2D eigenvalue weighted by molar-refractivity contribution is 5.87. The average Bonchev–Trinajstić information content (AvgIpc) is 2.32. The molecule has 8 heteroatoms. The lowest BCUT2D eigenvalue weighted by atomic mass is 10.0. The third kappa shape index (κ3) is 4.84. The van der Waals surface area contributed by atoms with Crippen LogP contribution in [0.4, 0.5) is 0 Å². The molecule has 1 amide bonds. The van der Waals surface area contributed by atoms with Crippen LogP contribution >= 0.6 is 0 Å². The highest BCUT2D eigenvalue weighted by Gasteiger charge is 2.33. The molecule has 19 heavy (non-hydrogen) atoms. The van der Waals surface area contributed by atoms with E-state index in [1.165, 1.54) is 0 Å². The number of nitrogens with one attached hydrogen (secondary N) is 2. The molecule has 0 saturated carbocycles. The van der Waals surface area contributed by atoms with Gasteiger partial charge in [-0.3, -0.25) is 9.59 Å². The Kier molecular flexibility index (Phi) is 5.25. The number of rotatable bonds is 7. The zero-order valence-electron chi connectivity index (χ0n) is 10.9. The minimum absolute atomic E-state index is 0.247. The van der Waals surface area contributed by atoms with Crippen molar-refractivity contribution in [3.05, 3.63) is 0 Å². The number of carbonyl (C=O) groups is 3. The molecule has 1 atom stereocenters. The van der Waals surface area contributed by atoms with E-state index in [9.17, 15) is 14.4 Å². The fourth-order valence-corrected chi connectivity index (χ4v) is 1.50. The van der Waals surface area contributed by atoms with Gasteiger partial charge in [0.2, 0.25) is 5.91 Å². The molecule has 0 unspecified atom stereocenters. The number of hydrogen-bond acceptors (Lipinski definition) is 6. The van der Waals surface area contributed by atoms with Gasteiger partial charge in [0.05, 0.1) is 19.1 Å². The van der Waals surface area contributed by atoms with Crippen molar-refractivity contribution in [1.82, 2.24) is 10.6 Å². The largest absolute Gasteiger partial charge is 0.480 e. The first-order valence-corrected chi connectivity index (χ1v) is 5.80. The van der Waals surface area contributed by atoms with Gasteiger partial charge in [-0.25, -0.2) is 4.79 Å². The maximum Gasteiger partial charge on any atom is 0.326 e. The Labute approximate surface area is 110 Å². The van der Waals surface area contributed by atoms with Gasteiger partial charge in [0.15, 0.2) is 0 Å². The number of hydrogen-bond donors (Lipinski definition) is 3. The van der Waals surface area contributed by atoms with E-state index in [0.717, 1.165) is 7.11 Å². The standard InChI is InChI=1S/C11H18N2O6/c1-11(5-12-6-11)19-4-8(14)13-7(10(16)17)3-9(15)18-2/h7,12H,3-6H2,1-2H3,(H,13,14)(H,16,17)/t7-/m0/s1. The predicted octanol–water partition coefficient (Wildman–Crippen LogP) is -1.50. The maximum atomic E-state index is 11.5. The van der Waals surface area contributed by atoms with Gasteiger partial charge in [-0.2, -0.15) is 0 Å². The summed E-state index contributed by atoms with van der Waals surface area (Å²) in [6.45, 7) is 2.89. The Balaban J connectivity index is 2.38. The van der Waals surface area contributed by atoms with Gasteiger partial charge >= 0.3 is 11.9 Å². The summed E-state index contributed by atoms with van der Waals surface area (Å²) in [4.78, 5) is 33.4. The minimum Gasteiger partial charge on any atom is -0.480 e. The molecule has 1 aliphatic heterocycles. The smallest absolute Gasteiger partial charge is 0.326 e. The van der Waals surface area contributed by atoms with Crippen molar-refractivity contribution in [3.8, 4) is 0 Å². The second-order valence-corrected chi connectivity index (χ2v) is 4.58. The molecule has 0 spiro atoms. The first-order valence-electron chi connectivity index (χ1n) is 5.80. The zero-order chi connectivity index (χ0) is 14.5. The van der Waals surface area contributed by atoms with Gasteiger partial charge in [0.25, 0.3) is 0 Å². The van der Waals surface area contributed by atoms with E-state index >= 15 is 0 Å². The molecule has 1 aliphatic rings. The Bertz CT molecular complexity index is 366. The summed E-state index contributed by atoms with van der Waals surface area (Å²) < 4.78 is 9.72. The summed E-state index contributed by atoms with van der Waals surface area (Å²) in [6.07, 6.45) is -0.420. The molecular formula is C11H18N2O6. The lowest BCUT2D eigenvalue weighted by Crippen LogP contribution is -2.60. The van der Waals surface area contributed by atoms with Crippen LogP contribution in [-0.2, 0) is 23.9 Å². The maximum absolute atomic E-state index is 11.5. The van der Waals surface area contributed by atoms with E-state index in [-0.39, 0.29) is 6.61 Å². The van der Waals surface area contributed by atoms with Crippen molar-refractivity contribution in [1.29, 1.82) is 0 Å². The predicted molar refractivity (Wildman–Crippen MR) is 63.4 cm³/mol. The van der Waals surface area contributed by atoms with Crippen molar-refractivity contribution < 1.29 is 29.0 Å². The van der Waals surface area contributed by atoms with Crippen LogP contribution in [0.5, 0.6) is 0 Å². The van der Waals surface area contributed by atoms with E-state index in [2.05, 4.69) is 15.4 Å². The summed E-state index contributed by atoms with van der Waals surface area (Å²) in [7, 11) is 1.15. The molecule has 1 heterocycles. The van der Waals surface area contributed by atoms with Crippen LogP contribution in [0, 0.1) is 0 Å². The summed E-state index contributed by atoms with van der Waals surface area (Å²) in [5.74, 6) is -2.58. The first-order chi connectivity index (χ1) is 8.86. The van der Waals surface area contributed by atoms with E-state index in [4.69, 9.17) is 9.84 Å². The summed E-state index contributed by atoms with van der Waals surface area (Å²) in [6, 6.07) is -1.31. The first kappa shape index (κ1) is 15.4. The SMILES string of the molecule is COC(=O)C[C@H](NC(=O)COC1(C)CNC1)C(=O)O. The van der Waals surface area contributed by atoms with E-state index in [1.54, 1.807) is 0 Å². The van der Waals surface area contributed by atoms with Crippen molar-refractivity contribution >= 4 is 17.8 Å². The van der Waals surface area contributed by atoms with Crippen LogP contribution in [0.15, 0.2) is 0 Å². The van der Waals surface area contributed by atoms with Crippen molar-refractivity contribution in [2.75, 3.05) is 26.8 Å². The monoisotopic (exact) mass is 274 g/mol. The van der Waals surface area contributed by atoms with Crippen LogP contribution in [0.1, 0.15) is 13.3 Å². The number of amides is 1. The second-order valence-electron chi connectivity index (χ2n) is 4.58. The lowest BCUT2D eigenvalue weighted by molar-refractivity contribution is -0.150. The minimum atomic E-state index is -1.31. The lowest BCUT2D eigenvalue weighted by Gasteiger charge is -2.38. The van der Waals surface area contributed by atoms with Gasteiger partial charge < -0.3 is 25.2 Å². The third-order valence-corrected chi connectivity index (χ3v) is 2.78. The Morgan fingerprint density at radius 3 is 2.47 bits per heavy atom. The van der Waals surface area contributed by atoms with E-state index in [1.807, 2.05) is 6.92 Å². The molecule has 0 aromatic heterocycles. The Morgan fingerprint density at radius 2 is 2.05 bits per heavy atom. The Morgan fingerprint density at radius 1 is 1.42 bits per heavy atom. The van der Waals surface area contributed by atoms with Gasteiger partial charge in [-0.15, -0.1) is 0 Å². The van der Waals surface area contributed by atoms with Crippen molar-refractivity contribution in [3.63, 3.8) is 0 Å². The molecular weight excluding hydrogens is 256 g/mol. The number of aliphatic carboxylic acids is 1. The number of carbonyl (C=O) groups excluding carboxylic acids is 2. The molecule has 0 aromatic carbocycles. The number of methoxy groups -OCH3 is 1. The normalized spacial score (nSPS) is 18.0. The molecule has 108 valence electrons. The second kappa shape index (κ2) is 6.48. The number of carboxylic acid groups (broad SMARTS) is 1. The van der Waals surface area contributed by atoms with Crippen LogP contribution in [0.3, 0.4) is 0 Å².